The number of benzene rings is 1. The third-order valence-corrected chi connectivity index (χ3v) is 4.67. The number of carbonyl (C=O) groups is 2. The van der Waals surface area contributed by atoms with Crippen LogP contribution in [-0.2, 0) is 26.2 Å². The van der Waals surface area contributed by atoms with Crippen LogP contribution in [0.1, 0.15) is 12.0 Å². The van der Waals surface area contributed by atoms with E-state index in [4.69, 9.17) is 0 Å². The summed E-state index contributed by atoms with van der Waals surface area (Å²) in [5.74, 6) is -2.82. The molecular formula is C13H13F2NO5S. The maximum Gasteiger partial charge on any atom is 0.326 e. The van der Waals surface area contributed by atoms with Gasteiger partial charge in [0.15, 0.2) is 0 Å². The Balaban J connectivity index is 2.24. The molecule has 6 nitrogen and oxygen atoms in total. The third kappa shape index (κ3) is 3.41. The second-order valence-corrected chi connectivity index (χ2v) is 6.62. The zero-order valence-electron chi connectivity index (χ0n) is 11.3. The molecule has 9 heteroatoms. The maximum absolute atomic E-state index is 13.6. The number of carboxylic acids is 1. The van der Waals surface area contributed by atoms with Gasteiger partial charge in [0.25, 0.3) is 0 Å². The summed E-state index contributed by atoms with van der Waals surface area (Å²) in [4.78, 5) is 23.9. The monoisotopic (exact) mass is 333 g/mol. The van der Waals surface area contributed by atoms with Crippen LogP contribution in [0.3, 0.4) is 0 Å². The molecule has 1 aromatic rings. The Labute approximate surface area is 125 Å². The smallest absolute Gasteiger partial charge is 0.326 e. The fourth-order valence-corrected chi connectivity index (χ4v) is 3.07. The highest BCUT2D eigenvalue weighted by atomic mass is 32.3. The minimum absolute atomic E-state index is 0.0780. The predicted molar refractivity (Wildman–Crippen MR) is 71.7 cm³/mol. The number of rotatable bonds is 5. The molecule has 1 unspecified atom stereocenters. The molecule has 0 bridgehead atoms. The van der Waals surface area contributed by atoms with Gasteiger partial charge >= 0.3 is 16.2 Å². The first-order valence-corrected chi connectivity index (χ1v) is 7.84. The van der Waals surface area contributed by atoms with Gasteiger partial charge in [-0.05, 0) is 11.6 Å². The number of halogens is 2. The average Bonchev–Trinajstić information content (AvgIpc) is 2.79. The molecule has 1 aliphatic heterocycles. The molecule has 120 valence electrons. The number of likely N-dealkylation sites (tertiary alicyclic amines) is 1. The number of nitrogens with zero attached hydrogens (tertiary/aromatic N) is 1. The largest absolute Gasteiger partial charge is 0.480 e. The van der Waals surface area contributed by atoms with E-state index in [0.717, 1.165) is 11.0 Å². The van der Waals surface area contributed by atoms with Gasteiger partial charge < -0.3 is 10.0 Å². The lowest BCUT2D eigenvalue weighted by Crippen LogP contribution is -2.44. The van der Waals surface area contributed by atoms with E-state index in [9.17, 15) is 31.4 Å². The van der Waals surface area contributed by atoms with E-state index in [1.807, 2.05) is 0 Å². The Morgan fingerprint density at radius 2 is 2.05 bits per heavy atom. The molecule has 0 aliphatic carbocycles. The molecule has 0 saturated carbocycles. The summed E-state index contributed by atoms with van der Waals surface area (Å²) in [7, 11) is -4.94. The summed E-state index contributed by atoms with van der Waals surface area (Å²) in [5, 5.41) is 7.65. The molecule has 1 aromatic carbocycles. The van der Waals surface area contributed by atoms with E-state index >= 15 is 0 Å². The second kappa shape index (κ2) is 5.99. The first-order chi connectivity index (χ1) is 10.2. The molecule has 2 rings (SSSR count). The Morgan fingerprint density at radius 3 is 2.55 bits per heavy atom. The zero-order valence-corrected chi connectivity index (χ0v) is 12.1. The van der Waals surface area contributed by atoms with Gasteiger partial charge in [0, 0.05) is 19.4 Å². The standard InChI is InChI=1S/C13H13F2NO5S/c14-10-4-2-1-3-8(10)5-11(13(18)19)16-7-9(6-12(16)17)22(15,20)21/h1-4,9,11H,5-7H2,(H,18,19)/t9?,11-/m1/s1. The van der Waals surface area contributed by atoms with Crippen LogP contribution in [0, 0.1) is 5.82 Å². The van der Waals surface area contributed by atoms with Crippen LogP contribution in [0.5, 0.6) is 0 Å². The van der Waals surface area contributed by atoms with Gasteiger partial charge in [-0.1, -0.05) is 18.2 Å². The van der Waals surface area contributed by atoms with Crippen LogP contribution < -0.4 is 0 Å². The fourth-order valence-electron chi connectivity index (χ4n) is 2.39. The van der Waals surface area contributed by atoms with Crippen molar-refractivity contribution in [3.8, 4) is 0 Å². The molecule has 1 heterocycles. The second-order valence-electron chi connectivity index (χ2n) is 5.00. The number of carbonyl (C=O) groups excluding carboxylic acids is 1. The van der Waals surface area contributed by atoms with Crippen molar-refractivity contribution in [2.45, 2.75) is 24.1 Å². The highest BCUT2D eigenvalue weighted by Crippen LogP contribution is 2.24. The van der Waals surface area contributed by atoms with Gasteiger partial charge in [0.05, 0.1) is 0 Å². The third-order valence-electron chi connectivity index (χ3n) is 3.55. The molecular weight excluding hydrogens is 320 g/mol. The molecule has 2 atom stereocenters. The van der Waals surface area contributed by atoms with Crippen molar-refractivity contribution < 1.29 is 31.4 Å². The summed E-state index contributed by atoms with van der Waals surface area (Å²) in [5.41, 5.74) is 0.0780. The van der Waals surface area contributed by atoms with Gasteiger partial charge in [0.1, 0.15) is 17.1 Å². The lowest BCUT2D eigenvalue weighted by molar-refractivity contribution is -0.148. The van der Waals surface area contributed by atoms with Crippen molar-refractivity contribution in [2.24, 2.45) is 0 Å². The molecule has 22 heavy (non-hydrogen) atoms. The van der Waals surface area contributed by atoms with Crippen LogP contribution in [0.25, 0.3) is 0 Å². The van der Waals surface area contributed by atoms with Crippen molar-refractivity contribution in [3.05, 3.63) is 35.6 Å². The van der Waals surface area contributed by atoms with E-state index in [1.54, 1.807) is 0 Å². The van der Waals surface area contributed by atoms with E-state index in [-0.39, 0.29) is 12.0 Å². The lowest BCUT2D eigenvalue weighted by atomic mass is 10.0. The number of hydrogen-bond donors (Lipinski definition) is 1. The Morgan fingerprint density at radius 1 is 1.41 bits per heavy atom. The summed E-state index contributed by atoms with van der Waals surface area (Å²) in [6.07, 6.45) is -0.938. The lowest BCUT2D eigenvalue weighted by Gasteiger charge is -2.24. The molecule has 1 amide bonds. The highest BCUT2D eigenvalue weighted by Gasteiger charge is 2.43. The van der Waals surface area contributed by atoms with Crippen molar-refractivity contribution in [1.29, 1.82) is 0 Å². The summed E-state index contributed by atoms with van der Waals surface area (Å²) in [6.45, 7) is -0.552. The van der Waals surface area contributed by atoms with Crippen molar-refractivity contribution >= 4 is 22.1 Å². The van der Waals surface area contributed by atoms with E-state index in [2.05, 4.69) is 0 Å². The van der Waals surface area contributed by atoms with Crippen LogP contribution in [0.2, 0.25) is 0 Å². The molecule has 0 spiro atoms. The Kier molecular flexibility index (Phi) is 4.45. The van der Waals surface area contributed by atoms with Gasteiger partial charge in [-0.2, -0.15) is 8.42 Å². The minimum Gasteiger partial charge on any atom is -0.480 e. The van der Waals surface area contributed by atoms with E-state index < -0.39 is 52.2 Å². The van der Waals surface area contributed by atoms with Crippen LogP contribution >= 0.6 is 0 Å². The van der Waals surface area contributed by atoms with Crippen LogP contribution in [-0.4, -0.2) is 48.1 Å². The molecule has 1 fully saturated rings. The van der Waals surface area contributed by atoms with Crippen LogP contribution in [0.4, 0.5) is 8.28 Å². The summed E-state index contributed by atoms with van der Waals surface area (Å²) in [6, 6.07) is 4.01. The fraction of sp³-hybridized carbons (Fsp3) is 0.385. The van der Waals surface area contributed by atoms with Crippen molar-refractivity contribution in [1.82, 2.24) is 4.90 Å². The highest BCUT2D eigenvalue weighted by molar-refractivity contribution is 7.87. The SMILES string of the molecule is O=C(O)[C@@H](Cc1ccccc1F)N1CC(S(=O)(=O)F)CC1=O. The van der Waals surface area contributed by atoms with Gasteiger partial charge in [-0.15, -0.1) is 3.89 Å². The van der Waals surface area contributed by atoms with Crippen LogP contribution in [0.15, 0.2) is 24.3 Å². The summed E-state index contributed by atoms with van der Waals surface area (Å²) >= 11 is 0. The molecule has 0 radical (unpaired) electrons. The van der Waals surface area contributed by atoms with Gasteiger partial charge in [-0.25, -0.2) is 9.18 Å². The Bertz CT molecular complexity index is 706. The van der Waals surface area contributed by atoms with E-state index in [0.29, 0.717) is 0 Å². The normalized spacial score (nSPS) is 20.2. The molecule has 1 N–H and O–H groups in total. The zero-order chi connectivity index (χ0) is 16.5. The average molecular weight is 333 g/mol. The molecule has 1 saturated heterocycles. The minimum atomic E-state index is -4.94. The number of hydrogen-bond acceptors (Lipinski definition) is 4. The first kappa shape index (κ1) is 16.3. The predicted octanol–water partition coefficient (Wildman–Crippen LogP) is 0.722. The first-order valence-electron chi connectivity index (χ1n) is 6.39. The summed E-state index contributed by atoms with van der Waals surface area (Å²) < 4.78 is 48.3. The van der Waals surface area contributed by atoms with Gasteiger partial charge in [0.2, 0.25) is 5.91 Å². The van der Waals surface area contributed by atoms with E-state index in [1.165, 1.54) is 18.2 Å². The quantitative estimate of drug-likeness (QED) is 0.802. The van der Waals surface area contributed by atoms with Gasteiger partial charge in [-0.3, -0.25) is 4.79 Å². The molecule has 1 aliphatic rings. The number of amides is 1. The maximum atomic E-state index is 13.6. The molecule has 0 aromatic heterocycles. The number of aliphatic carboxylic acids is 1. The van der Waals surface area contributed by atoms with Crippen molar-refractivity contribution in [3.63, 3.8) is 0 Å². The van der Waals surface area contributed by atoms with Crippen molar-refractivity contribution in [2.75, 3.05) is 6.54 Å². The Hall–Kier alpha value is -2.03. The topological polar surface area (TPSA) is 91.8 Å². The number of carboxylic acid groups (broad SMARTS) is 1.